The van der Waals surface area contributed by atoms with Crippen LogP contribution in [0.2, 0.25) is 0 Å². The zero-order valence-electron chi connectivity index (χ0n) is 26.0. The number of rotatable bonds is 29. The smallest absolute Gasteiger partial charge is 0.306 e. The monoisotopic (exact) mass is 550 g/mol. The highest BCUT2D eigenvalue weighted by molar-refractivity contribution is 5.70. The highest BCUT2D eigenvalue weighted by Gasteiger charge is 2.38. The lowest BCUT2D eigenvalue weighted by Crippen LogP contribution is -2.22. The van der Waals surface area contributed by atoms with E-state index in [0.29, 0.717) is 12.8 Å². The number of esters is 2. The zero-order chi connectivity index (χ0) is 28.4. The first-order chi connectivity index (χ1) is 19.0. The molecule has 0 saturated heterocycles. The summed E-state index contributed by atoms with van der Waals surface area (Å²) < 4.78 is 10.7. The Morgan fingerprint density at radius 1 is 0.564 bits per heavy atom. The van der Waals surface area contributed by atoms with Crippen LogP contribution < -0.4 is 0 Å². The van der Waals surface area contributed by atoms with E-state index in [-0.39, 0.29) is 24.2 Å². The van der Waals surface area contributed by atoms with Gasteiger partial charge < -0.3 is 9.47 Å². The number of ether oxygens (including phenoxy) is 2. The number of carbonyl (C=O) groups is 2. The molecular formula is C33H62N2O4. The van der Waals surface area contributed by atoms with E-state index in [4.69, 9.17) is 9.47 Å². The van der Waals surface area contributed by atoms with Gasteiger partial charge in [-0.2, -0.15) is 10.2 Å². The number of hydrogen-bond acceptors (Lipinski definition) is 6. The van der Waals surface area contributed by atoms with Crippen molar-refractivity contribution in [3.63, 3.8) is 0 Å². The predicted octanol–water partition coefficient (Wildman–Crippen LogP) is 10.4. The van der Waals surface area contributed by atoms with Crippen LogP contribution in [0.5, 0.6) is 0 Å². The van der Waals surface area contributed by atoms with Crippen LogP contribution in [0.1, 0.15) is 181 Å². The number of nitrogens with zero attached hydrogens (tertiary/aromatic N) is 2. The minimum absolute atomic E-state index is 0.135. The Kier molecular flexibility index (Phi) is 22.2. The summed E-state index contributed by atoms with van der Waals surface area (Å²) in [5.74, 6) is -0.424. The van der Waals surface area contributed by atoms with E-state index in [1.165, 1.54) is 109 Å². The molecule has 1 aliphatic rings. The molecule has 0 spiro atoms. The second-order valence-corrected chi connectivity index (χ2v) is 11.9. The van der Waals surface area contributed by atoms with E-state index in [0.717, 1.165) is 38.5 Å². The third kappa shape index (κ3) is 22.0. The second-order valence-electron chi connectivity index (χ2n) is 11.9. The molecule has 1 unspecified atom stereocenters. The lowest BCUT2D eigenvalue weighted by molar-refractivity contribution is -0.158. The zero-order valence-corrected chi connectivity index (χ0v) is 26.0. The largest absolute Gasteiger partial charge is 0.462 e. The molecule has 0 saturated carbocycles. The van der Waals surface area contributed by atoms with Crippen LogP contribution in [0.3, 0.4) is 0 Å². The fourth-order valence-electron chi connectivity index (χ4n) is 5.16. The van der Waals surface area contributed by atoms with Crippen LogP contribution in [-0.2, 0) is 19.1 Å². The van der Waals surface area contributed by atoms with Crippen molar-refractivity contribution in [2.24, 2.45) is 10.2 Å². The van der Waals surface area contributed by atoms with Gasteiger partial charge in [-0.1, -0.05) is 129 Å². The van der Waals surface area contributed by atoms with Crippen molar-refractivity contribution >= 4 is 11.9 Å². The molecule has 1 heterocycles. The first-order valence-corrected chi connectivity index (χ1v) is 16.8. The van der Waals surface area contributed by atoms with Gasteiger partial charge in [-0.25, -0.2) is 0 Å². The van der Waals surface area contributed by atoms with Crippen LogP contribution in [-0.4, -0.2) is 30.3 Å². The standard InChI is InChI=1S/C33H62N2O4/c1-4-6-8-10-12-13-14-15-16-17-18-20-22-25-31(36)38-29-30(3)39-32(37)26-24-28-33(34-35-33)27-23-21-19-11-9-7-5-2/h30H,4-29H2,1-3H3. The molecule has 0 N–H and O–H groups in total. The SMILES string of the molecule is CCCCCCCCCCCCCCCC(=O)OCC(C)OC(=O)CCCC1(CCCCCCCCC)N=N1. The lowest BCUT2D eigenvalue weighted by atomic mass is 9.98. The van der Waals surface area contributed by atoms with Gasteiger partial charge in [-0.15, -0.1) is 0 Å². The van der Waals surface area contributed by atoms with Gasteiger partial charge in [0.2, 0.25) is 0 Å². The fraction of sp³-hybridized carbons (Fsp3) is 0.939. The molecule has 0 amide bonds. The van der Waals surface area contributed by atoms with Gasteiger partial charge in [0.15, 0.2) is 5.66 Å². The highest BCUT2D eigenvalue weighted by atomic mass is 16.6. The normalized spacial score (nSPS) is 14.3. The van der Waals surface area contributed by atoms with Gasteiger partial charge in [0.25, 0.3) is 0 Å². The van der Waals surface area contributed by atoms with Gasteiger partial charge in [-0.3, -0.25) is 9.59 Å². The number of hydrogen-bond donors (Lipinski definition) is 0. The molecule has 1 rings (SSSR count). The Balaban J connectivity index is 1.91. The third-order valence-electron chi connectivity index (χ3n) is 7.82. The van der Waals surface area contributed by atoms with Crippen LogP contribution in [0.4, 0.5) is 0 Å². The molecule has 0 aromatic heterocycles. The summed E-state index contributed by atoms with van der Waals surface area (Å²) in [6, 6.07) is 0. The van der Waals surface area contributed by atoms with Crippen molar-refractivity contribution in [3.8, 4) is 0 Å². The summed E-state index contributed by atoms with van der Waals surface area (Å²) in [6.45, 7) is 6.42. The molecular weight excluding hydrogens is 488 g/mol. The predicted molar refractivity (Wildman–Crippen MR) is 161 cm³/mol. The molecule has 6 heteroatoms. The summed E-state index contributed by atoms with van der Waals surface area (Å²) in [5.41, 5.74) is -0.224. The first-order valence-electron chi connectivity index (χ1n) is 16.8. The molecule has 39 heavy (non-hydrogen) atoms. The molecule has 1 atom stereocenters. The third-order valence-corrected chi connectivity index (χ3v) is 7.82. The molecule has 6 nitrogen and oxygen atoms in total. The number of unbranched alkanes of at least 4 members (excludes halogenated alkanes) is 18. The Labute approximate surface area is 240 Å². The summed E-state index contributed by atoms with van der Waals surface area (Å²) in [6.07, 6.45) is 28.7. The maximum absolute atomic E-state index is 12.2. The molecule has 0 aliphatic carbocycles. The van der Waals surface area contributed by atoms with E-state index in [2.05, 4.69) is 24.1 Å². The van der Waals surface area contributed by atoms with Gasteiger partial charge in [0.05, 0.1) is 0 Å². The van der Waals surface area contributed by atoms with E-state index in [1.54, 1.807) is 6.92 Å². The molecule has 1 aliphatic heterocycles. The number of carbonyl (C=O) groups excluding carboxylic acids is 2. The Morgan fingerprint density at radius 3 is 1.46 bits per heavy atom. The van der Waals surface area contributed by atoms with E-state index >= 15 is 0 Å². The Morgan fingerprint density at radius 2 is 0.974 bits per heavy atom. The second kappa shape index (κ2) is 24.3. The Bertz CT molecular complexity index is 631. The van der Waals surface area contributed by atoms with Crippen LogP contribution >= 0.6 is 0 Å². The van der Waals surface area contributed by atoms with E-state index in [1.807, 2.05) is 0 Å². The highest BCUT2D eigenvalue weighted by Crippen LogP contribution is 2.38. The minimum Gasteiger partial charge on any atom is -0.462 e. The van der Waals surface area contributed by atoms with Crippen LogP contribution in [0.25, 0.3) is 0 Å². The van der Waals surface area contributed by atoms with Crippen molar-refractivity contribution in [1.29, 1.82) is 0 Å². The van der Waals surface area contributed by atoms with Crippen molar-refractivity contribution in [3.05, 3.63) is 0 Å². The average molecular weight is 551 g/mol. The van der Waals surface area contributed by atoms with Gasteiger partial charge in [-0.05, 0) is 39.0 Å². The molecule has 0 bridgehead atoms. The van der Waals surface area contributed by atoms with Gasteiger partial charge >= 0.3 is 11.9 Å². The molecule has 0 aromatic rings. The van der Waals surface area contributed by atoms with Crippen molar-refractivity contribution in [2.45, 2.75) is 193 Å². The summed E-state index contributed by atoms with van der Waals surface area (Å²) in [5, 5.41) is 8.54. The van der Waals surface area contributed by atoms with Crippen molar-refractivity contribution < 1.29 is 19.1 Å². The van der Waals surface area contributed by atoms with Gasteiger partial charge in [0, 0.05) is 12.8 Å². The van der Waals surface area contributed by atoms with E-state index < -0.39 is 6.10 Å². The molecule has 228 valence electrons. The van der Waals surface area contributed by atoms with Crippen molar-refractivity contribution in [1.82, 2.24) is 0 Å². The topological polar surface area (TPSA) is 77.3 Å². The maximum Gasteiger partial charge on any atom is 0.306 e. The van der Waals surface area contributed by atoms with Crippen LogP contribution in [0.15, 0.2) is 10.2 Å². The summed E-state index contributed by atoms with van der Waals surface area (Å²) >= 11 is 0. The van der Waals surface area contributed by atoms with Gasteiger partial charge in [0.1, 0.15) is 12.7 Å². The summed E-state index contributed by atoms with van der Waals surface area (Å²) in [7, 11) is 0. The molecule has 0 fully saturated rings. The maximum atomic E-state index is 12.2. The first kappa shape index (κ1) is 35.6. The average Bonchev–Trinajstić information content (AvgIpc) is 3.69. The fourth-order valence-corrected chi connectivity index (χ4v) is 5.16. The van der Waals surface area contributed by atoms with E-state index in [9.17, 15) is 9.59 Å². The lowest BCUT2D eigenvalue weighted by Gasteiger charge is -2.14. The minimum atomic E-state index is -0.412. The quantitative estimate of drug-likeness (QED) is 0.0685. The van der Waals surface area contributed by atoms with Crippen LogP contribution in [0, 0.1) is 0 Å². The molecule has 0 radical (unpaired) electrons. The summed E-state index contributed by atoms with van der Waals surface area (Å²) in [4.78, 5) is 24.2. The molecule has 0 aromatic carbocycles. The van der Waals surface area contributed by atoms with Crippen molar-refractivity contribution in [2.75, 3.05) is 6.61 Å². The Hall–Kier alpha value is -1.46.